The standard InChI is InChI=1S/C19H20FN5O3/c1-3-9-21-19(27)17-15(11-25(4-2)23-17)22-18(26)14-10-16(28-24-14)12-5-7-13(20)8-6-12/h5-8,10-11H,3-4,9H2,1-2H3,(H,21,27)(H,22,26). The number of aryl methyl sites for hydroxylation is 1. The molecular formula is C19H20FN5O3. The molecule has 2 aromatic heterocycles. The van der Waals surface area contributed by atoms with Crippen LogP contribution in [-0.4, -0.2) is 33.3 Å². The first-order valence-corrected chi connectivity index (χ1v) is 8.91. The molecule has 0 fully saturated rings. The Bertz CT molecular complexity index is 978. The van der Waals surface area contributed by atoms with E-state index in [1.54, 1.807) is 10.9 Å². The normalized spacial score (nSPS) is 10.7. The monoisotopic (exact) mass is 385 g/mol. The second kappa shape index (κ2) is 8.47. The van der Waals surface area contributed by atoms with E-state index in [1.807, 2.05) is 13.8 Å². The smallest absolute Gasteiger partial charge is 0.277 e. The highest BCUT2D eigenvalue weighted by Crippen LogP contribution is 2.22. The highest BCUT2D eigenvalue weighted by atomic mass is 19.1. The first-order valence-electron chi connectivity index (χ1n) is 8.91. The van der Waals surface area contributed by atoms with Crippen molar-refractivity contribution in [3.63, 3.8) is 0 Å². The summed E-state index contributed by atoms with van der Waals surface area (Å²) in [5, 5.41) is 13.3. The zero-order valence-corrected chi connectivity index (χ0v) is 15.5. The summed E-state index contributed by atoms with van der Waals surface area (Å²) in [5.74, 6) is -0.952. The van der Waals surface area contributed by atoms with Crippen molar-refractivity contribution in [1.82, 2.24) is 20.3 Å². The lowest BCUT2D eigenvalue weighted by Gasteiger charge is -2.04. The van der Waals surface area contributed by atoms with Crippen LogP contribution in [0.5, 0.6) is 0 Å². The van der Waals surface area contributed by atoms with Crippen LogP contribution < -0.4 is 10.6 Å². The maximum absolute atomic E-state index is 13.0. The average Bonchev–Trinajstić information content (AvgIpc) is 3.34. The number of anilines is 1. The minimum atomic E-state index is -0.544. The lowest BCUT2D eigenvalue weighted by molar-refractivity contribution is 0.0948. The van der Waals surface area contributed by atoms with Crippen LogP contribution in [0.3, 0.4) is 0 Å². The Morgan fingerprint density at radius 3 is 2.61 bits per heavy atom. The van der Waals surface area contributed by atoms with Gasteiger partial charge in [-0.15, -0.1) is 0 Å². The number of carbonyl (C=O) groups excluding carboxylic acids is 2. The third-order valence-electron chi connectivity index (χ3n) is 3.96. The highest BCUT2D eigenvalue weighted by Gasteiger charge is 2.21. The number of halogens is 1. The third-order valence-corrected chi connectivity index (χ3v) is 3.96. The van der Waals surface area contributed by atoms with Crippen LogP contribution >= 0.6 is 0 Å². The maximum Gasteiger partial charge on any atom is 0.277 e. The van der Waals surface area contributed by atoms with Crippen LogP contribution in [0.15, 0.2) is 41.1 Å². The number of rotatable bonds is 7. The third kappa shape index (κ3) is 4.25. The number of hydrogen-bond acceptors (Lipinski definition) is 5. The molecule has 2 heterocycles. The molecule has 2 amide bonds. The number of aromatic nitrogens is 3. The number of hydrogen-bond donors (Lipinski definition) is 2. The molecule has 9 heteroatoms. The molecule has 0 unspecified atom stereocenters. The fraction of sp³-hybridized carbons (Fsp3) is 0.263. The van der Waals surface area contributed by atoms with Crippen molar-refractivity contribution in [3.05, 3.63) is 53.7 Å². The van der Waals surface area contributed by atoms with Crippen LogP contribution in [0.4, 0.5) is 10.1 Å². The summed E-state index contributed by atoms with van der Waals surface area (Å²) in [6, 6.07) is 7.08. The summed E-state index contributed by atoms with van der Waals surface area (Å²) in [4.78, 5) is 24.8. The second-order valence-electron chi connectivity index (χ2n) is 6.04. The lowest BCUT2D eigenvalue weighted by atomic mass is 10.1. The van der Waals surface area contributed by atoms with Crippen molar-refractivity contribution < 1.29 is 18.5 Å². The van der Waals surface area contributed by atoms with Gasteiger partial charge in [0.25, 0.3) is 11.8 Å². The SMILES string of the molecule is CCCNC(=O)c1nn(CC)cc1NC(=O)c1cc(-c2ccc(F)cc2)on1. The summed E-state index contributed by atoms with van der Waals surface area (Å²) >= 11 is 0. The van der Waals surface area contributed by atoms with Gasteiger partial charge in [0.15, 0.2) is 17.1 Å². The number of nitrogens with zero attached hydrogens (tertiary/aromatic N) is 3. The van der Waals surface area contributed by atoms with Gasteiger partial charge in [-0.2, -0.15) is 5.10 Å². The summed E-state index contributed by atoms with van der Waals surface area (Å²) in [7, 11) is 0. The lowest BCUT2D eigenvalue weighted by Crippen LogP contribution is -2.26. The molecule has 146 valence electrons. The molecule has 0 atom stereocenters. The molecule has 0 bridgehead atoms. The largest absolute Gasteiger partial charge is 0.355 e. The van der Waals surface area contributed by atoms with Crippen molar-refractivity contribution in [2.75, 3.05) is 11.9 Å². The van der Waals surface area contributed by atoms with Crippen molar-refractivity contribution >= 4 is 17.5 Å². The van der Waals surface area contributed by atoms with Crippen molar-refractivity contribution in [3.8, 4) is 11.3 Å². The van der Waals surface area contributed by atoms with Crippen LogP contribution in [0.25, 0.3) is 11.3 Å². The molecule has 28 heavy (non-hydrogen) atoms. The van der Waals surface area contributed by atoms with E-state index in [2.05, 4.69) is 20.9 Å². The molecule has 0 aliphatic carbocycles. The predicted molar refractivity (Wildman–Crippen MR) is 100 cm³/mol. The van der Waals surface area contributed by atoms with Gasteiger partial charge in [-0.25, -0.2) is 4.39 Å². The minimum absolute atomic E-state index is 0.0310. The Kier molecular flexibility index (Phi) is 5.83. The van der Waals surface area contributed by atoms with Crippen LogP contribution in [0, 0.1) is 5.82 Å². The molecule has 0 saturated heterocycles. The molecule has 3 aromatic rings. The van der Waals surface area contributed by atoms with E-state index in [1.165, 1.54) is 30.3 Å². The number of amides is 2. The molecule has 1 aromatic carbocycles. The van der Waals surface area contributed by atoms with Gasteiger partial charge in [0, 0.05) is 30.9 Å². The topological polar surface area (TPSA) is 102 Å². The number of nitrogens with one attached hydrogen (secondary N) is 2. The highest BCUT2D eigenvalue weighted by molar-refractivity contribution is 6.07. The molecule has 0 radical (unpaired) electrons. The molecular weight excluding hydrogens is 365 g/mol. The fourth-order valence-corrected chi connectivity index (χ4v) is 2.48. The Balaban J connectivity index is 1.78. The van der Waals surface area contributed by atoms with Gasteiger partial charge < -0.3 is 15.2 Å². The molecule has 0 spiro atoms. The first kappa shape index (κ1) is 19.3. The zero-order chi connectivity index (χ0) is 20.1. The molecule has 0 aliphatic heterocycles. The minimum Gasteiger partial charge on any atom is -0.355 e. The van der Waals surface area contributed by atoms with Crippen molar-refractivity contribution in [1.29, 1.82) is 0 Å². The predicted octanol–water partition coefficient (Wildman–Crippen LogP) is 3.09. The number of carbonyl (C=O) groups is 2. The van der Waals surface area contributed by atoms with Crippen LogP contribution in [0.2, 0.25) is 0 Å². The molecule has 3 rings (SSSR count). The van der Waals surface area contributed by atoms with E-state index in [0.29, 0.717) is 24.4 Å². The van der Waals surface area contributed by atoms with Gasteiger partial charge in [0.2, 0.25) is 0 Å². The van der Waals surface area contributed by atoms with Crippen molar-refractivity contribution in [2.24, 2.45) is 0 Å². The Morgan fingerprint density at radius 1 is 1.18 bits per heavy atom. The Hall–Kier alpha value is -3.49. The van der Waals surface area contributed by atoms with Gasteiger partial charge in [0.1, 0.15) is 5.82 Å². The summed E-state index contributed by atoms with van der Waals surface area (Å²) in [6.45, 7) is 4.87. The molecule has 0 saturated carbocycles. The van der Waals surface area contributed by atoms with E-state index in [0.717, 1.165) is 6.42 Å². The summed E-state index contributed by atoms with van der Waals surface area (Å²) in [6.07, 6.45) is 2.37. The summed E-state index contributed by atoms with van der Waals surface area (Å²) < 4.78 is 19.8. The van der Waals surface area contributed by atoms with Gasteiger partial charge in [-0.3, -0.25) is 14.3 Å². The Labute approximate surface area is 160 Å². The van der Waals surface area contributed by atoms with E-state index in [4.69, 9.17) is 4.52 Å². The Morgan fingerprint density at radius 2 is 1.93 bits per heavy atom. The van der Waals surface area contributed by atoms with E-state index < -0.39 is 5.91 Å². The maximum atomic E-state index is 13.0. The average molecular weight is 385 g/mol. The van der Waals surface area contributed by atoms with Gasteiger partial charge in [0.05, 0.1) is 5.69 Å². The fourth-order valence-electron chi connectivity index (χ4n) is 2.48. The van der Waals surface area contributed by atoms with Gasteiger partial charge in [-0.05, 0) is 37.6 Å². The van der Waals surface area contributed by atoms with Crippen LogP contribution in [0.1, 0.15) is 41.2 Å². The van der Waals surface area contributed by atoms with E-state index in [9.17, 15) is 14.0 Å². The number of benzene rings is 1. The van der Waals surface area contributed by atoms with Crippen molar-refractivity contribution in [2.45, 2.75) is 26.8 Å². The van der Waals surface area contributed by atoms with E-state index in [-0.39, 0.29) is 28.8 Å². The molecule has 0 aliphatic rings. The van der Waals surface area contributed by atoms with Crippen LogP contribution in [-0.2, 0) is 6.54 Å². The van der Waals surface area contributed by atoms with E-state index >= 15 is 0 Å². The second-order valence-corrected chi connectivity index (χ2v) is 6.04. The zero-order valence-electron chi connectivity index (χ0n) is 15.5. The first-order chi connectivity index (χ1) is 13.5. The molecule has 2 N–H and O–H groups in total. The molecule has 8 nitrogen and oxygen atoms in total. The quantitative estimate of drug-likeness (QED) is 0.651. The van der Waals surface area contributed by atoms with Gasteiger partial charge >= 0.3 is 0 Å². The summed E-state index contributed by atoms with van der Waals surface area (Å²) in [5.41, 5.74) is 1.03. The van der Waals surface area contributed by atoms with Gasteiger partial charge in [-0.1, -0.05) is 12.1 Å².